The van der Waals surface area contributed by atoms with Crippen LogP contribution in [0.5, 0.6) is 5.88 Å². The lowest BCUT2D eigenvalue weighted by Crippen LogP contribution is -2.28. The SMILES string of the molecule is COc1cc(NC(=O)Cn2cnc3ccccc3c2=O)ncn1. The van der Waals surface area contributed by atoms with Gasteiger partial charge in [-0.25, -0.2) is 15.0 Å². The molecule has 8 heteroatoms. The van der Waals surface area contributed by atoms with Crippen molar-refractivity contribution in [3.8, 4) is 5.88 Å². The first-order valence-corrected chi connectivity index (χ1v) is 6.77. The fourth-order valence-corrected chi connectivity index (χ4v) is 2.08. The number of methoxy groups -OCH3 is 1. The van der Waals surface area contributed by atoms with Crippen molar-refractivity contribution in [2.75, 3.05) is 12.4 Å². The first-order valence-electron chi connectivity index (χ1n) is 6.77. The number of hydrogen-bond acceptors (Lipinski definition) is 6. The first-order chi connectivity index (χ1) is 11.2. The molecule has 3 aromatic rings. The normalized spacial score (nSPS) is 10.5. The summed E-state index contributed by atoms with van der Waals surface area (Å²) in [6.45, 7) is -0.164. The zero-order chi connectivity index (χ0) is 16.2. The van der Waals surface area contributed by atoms with E-state index in [0.717, 1.165) is 0 Å². The van der Waals surface area contributed by atoms with E-state index in [1.54, 1.807) is 24.3 Å². The smallest absolute Gasteiger partial charge is 0.261 e. The second-order valence-corrected chi connectivity index (χ2v) is 4.69. The van der Waals surface area contributed by atoms with Gasteiger partial charge < -0.3 is 10.1 Å². The predicted octanol–water partition coefficient (Wildman–Crippen LogP) is 0.834. The number of anilines is 1. The molecule has 0 bridgehead atoms. The molecule has 2 aromatic heterocycles. The van der Waals surface area contributed by atoms with E-state index in [9.17, 15) is 9.59 Å². The molecule has 1 N–H and O–H groups in total. The Morgan fingerprint density at radius 1 is 1.26 bits per heavy atom. The maximum atomic E-state index is 12.3. The van der Waals surface area contributed by atoms with Gasteiger partial charge in [-0.15, -0.1) is 0 Å². The van der Waals surface area contributed by atoms with Crippen LogP contribution in [-0.2, 0) is 11.3 Å². The van der Waals surface area contributed by atoms with Gasteiger partial charge in [-0.05, 0) is 12.1 Å². The maximum absolute atomic E-state index is 12.3. The number of para-hydroxylation sites is 1. The lowest BCUT2D eigenvalue weighted by atomic mass is 10.2. The summed E-state index contributed by atoms with van der Waals surface area (Å²) >= 11 is 0. The third-order valence-corrected chi connectivity index (χ3v) is 3.16. The van der Waals surface area contributed by atoms with Crippen LogP contribution in [-0.4, -0.2) is 32.5 Å². The molecule has 0 saturated carbocycles. The van der Waals surface area contributed by atoms with E-state index in [-0.39, 0.29) is 12.1 Å². The number of nitrogens with one attached hydrogen (secondary N) is 1. The van der Waals surface area contributed by atoms with Crippen LogP contribution in [0.3, 0.4) is 0 Å². The molecular weight excluding hydrogens is 298 g/mol. The molecule has 116 valence electrons. The Bertz CT molecular complexity index is 922. The number of benzene rings is 1. The Morgan fingerprint density at radius 3 is 2.91 bits per heavy atom. The zero-order valence-electron chi connectivity index (χ0n) is 12.3. The van der Waals surface area contributed by atoms with Crippen LogP contribution >= 0.6 is 0 Å². The minimum Gasteiger partial charge on any atom is -0.481 e. The molecule has 0 radical (unpaired) electrons. The van der Waals surface area contributed by atoms with Crippen molar-refractivity contribution in [3.63, 3.8) is 0 Å². The summed E-state index contributed by atoms with van der Waals surface area (Å²) < 4.78 is 6.20. The van der Waals surface area contributed by atoms with Gasteiger partial charge >= 0.3 is 0 Å². The van der Waals surface area contributed by atoms with Crippen LogP contribution < -0.4 is 15.6 Å². The Kier molecular flexibility index (Phi) is 3.96. The van der Waals surface area contributed by atoms with Gasteiger partial charge in [0.1, 0.15) is 18.7 Å². The fraction of sp³-hybridized carbons (Fsp3) is 0.133. The highest BCUT2D eigenvalue weighted by molar-refractivity contribution is 5.89. The Hall–Kier alpha value is -3.29. The Morgan fingerprint density at radius 2 is 2.09 bits per heavy atom. The molecule has 0 spiro atoms. The lowest BCUT2D eigenvalue weighted by molar-refractivity contribution is -0.116. The molecule has 2 heterocycles. The predicted molar refractivity (Wildman–Crippen MR) is 83.2 cm³/mol. The molecule has 1 aromatic carbocycles. The molecular formula is C15H13N5O3. The molecule has 0 aliphatic carbocycles. The van der Waals surface area contributed by atoms with Crippen LogP contribution in [0.25, 0.3) is 10.9 Å². The van der Waals surface area contributed by atoms with Gasteiger partial charge in [0.15, 0.2) is 0 Å². The second-order valence-electron chi connectivity index (χ2n) is 4.69. The number of rotatable bonds is 4. The van der Waals surface area contributed by atoms with Crippen LogP contribution in [0, 0.1) is 0 Å². The van der Waals surface area contributed by atoms with E-state index in [1.165, 1.54) is 30.4 Å². The third kappa shape index (κ3) is 3.15. The van der Waals surface area contributed by atoms with Crippen LogP contribution in [0.1, 0.15) is 0 Å². The number of aromatic nitrogens is 4. The highest BCUT2D eigenvalue weighted by Crippen LogP contribution is 2.10. The van der Waals surface area contributed by atoms with Gasteiger partial charge in [0.2, 0.25) is 11.8 Å². The minimum atomic E-state index is -0.398. The van der Waals surface area contributed by atoms with E-state index < -0.39 is 5.91 Å². The van der Waals surface area contributed by atoms with Gasteiger partial charge in [0.25, 0.3) is 5.56 Å². The lowest BCUT2D eigenvalue weighted by Gasteiger charge is -2.08. The average molecular weight is 311 g/mol. The summed E-state index contributed by atoms with van der Waals surface area (Å²) in [4.78, 5) is 36.3. The number of nitrogens with zero attached hydrogens (tertiary/aromatic N) is 4. The van der Waals surface area contributed by atoms with Gasteiger partial charge in [0, 0.05) is 6.07 Å². The quantitative estimate of drug-likeness (QED) is 0.766. The van der Waals surface area contributed by atoms with Gasteiger partial charge in [-0.3, -0.25) is 14.2 Å². The minimum absolute atomic E-state index is 0.164. The molecule has 3 rings (SSSR count). The molecule has 0 aliphatic rings. The van der Waals surface area contributed by atoms with Crippen molar-refractivity contribution >= 4 is 22.6 Å². The zero-order valence-corrected chi connectivity index (χ0v) is 12.3. The highest BCUT2D eigenvalue weighted by Gasteiger charge is 2.09. The van der Waals surface area contributed by atoms with Gasteiger partial charge in [-0.2, -0.15) is 0 Å². The fourth-order valence-electron chi connectivity index (χ4n) is 2.08. The van der Waals surface area contributed by atoms with E-state index >= 15 is 0 Å². The summed E-state index contributed by atoms with van der Waals surface area (Å²) in [6.07, 6.45) is 2.63. The summed E-state index contributed by atoms with van der Waals surface area (Å²) in [7, 11) is 1.47. The van der Waals surface area contributed by atoms with Crippen molar-refractivity contribution in [2.45, 2.75) is 6.54 Å². The van der Waals surface area contributed by atoms with E-state index in [1.807, 2.05) is 0 Å². The van der Waals surface area contributed by atoms with Crippen LogP contribution in [0.15, 0.2) is 47.8 Å². The van der Waals surface area contributed by atoms with E-state index in [0.29, 0.717) is 22.6 Å². The van der Waals surface area contributed by atoms with Crippen LogP contribution in [0.4, 0.5) is 5.82 Å². The second kappa shape index (κ2) is 6.22. The van der Waals surface area contributed by atoms with E-state index in [4.69, 9.17) is 4.74 Å². The van der Waals surface area contributed by atoms with Crippen molar-refractivity contribution in [1.29, 1.82) is 0 Å². The number of ether oxygens (including phenoxy) is 1. The molecule has 1 amide bonds. The molecule has 23 heavy (non-hydrogen) atoms. The number of amides is 1. The Labute approximate surface area is 130 Å². The van der Waals surface area contributed by atoms with Gasteiger partial charge in [-0.1, -0.05) is 12.1 Å². The monoisotopic (exact) mass is 311 g/mol. The summed E-state index contributed by atoms with van der Waals surface area (Å²) in [5.74, 6) is 0.230. The van der Waals surface area contributed by atoms with Crippen LogP contribution in [0.2, 0.25) is 0 Å². The number of fused-ring (bicyclic) bond motifs is 1. The molecule has 0 saturated heterocycles. The average Bonchev–Trinajstić information content (AvgIpc) is 2.58. The van der Waals surface area contributed by atoms with Crippen molar-refractivity contribution in [3.05, 3.63) is 53.3 Å². The van der Waals surface area contributed by atoms with E-state index in [2.05, 4.69) is 20.3 Å². The molecule has 0 aliphatic heterocycles. The standard InChI is InChI=1S/C15H13N5O3/c1-23-14-6-12(16-8-17-14)19-13(21)7-20-9-18-11-5-3-2-4-10(11)15(20)22/h2-6,8-9H,7H2,1H3,(H,16,17,19,21). The maximum Gasteiger partial charge on any atom is 0.261 e. The molecule has 0 fully saturated rings. The van der Waals surface area contributed by atoms with Gasteiger partial charge in [0.05, 0.1) is 24.3 Å². The number of carbonyl (C=O) groups excluding carboxylic acids is 1. The number of hydrogen-bond donors (Lipinski definition) is 1. The topological polar surface area (TPSA) is 99.0 Å². The Balaban J connectivity index is 1.80. The first kappa shape index (κ1) is 14.6. The van der Waals surface area contributed by atoms with Crippen molar-refractivity contribution < 1.29 is 9.53 Å². The van der Waals surface area contributed by atoms with Crippen molar-refractivity contribution in [2.24, 2.45) is 0 Å². The summed E-state index contributed by atoms with van der Waals surface area (Å²) in [6, 6.07) is 8.46. The highest BCUT2D eigenvalue weighted by atomic mass is 16.5. The largest absolute Gasteiger partial charge is 0.481 e. The van der Waals surface area contributed by atoms with Crippen molar-refractivity contribution in [1.82, 2.24) is 19.5 Å². The number of carbonyl (C=O) groups is 1. The molecule has 0 unspecified atom stereocenters. The summed E-state index contributed by atoms with van der Waals surface area (Å²) in [5, 5.41) is 3.05. The summed E-state index contributed by atoms with van der Waals surface area (Å²) in [5.41, 5.74) is 0.320. The third-order valence-electron chi connectivity index (χ3n) is 3.16. The molecule has 0 atom stereocenters. The molecule has 8 nitrogen and oxygen atoms in total.